The maximum atomic E-state index is 5.48. The molecule has 0 saturated carbocycles. The lowest BCUT2D eigenvalue weighted by Crippen LogP contribution is -2.35. The predicted octanol–water partition coefficient (Wildman–Crippen LogP) is 2.35. The molecule has 1 aliphatic heterocycles. The molecule has 4 heteroatoms. The van der Waals surface area contributed by atoms with Gasteiger partial charge in [0.2, 0.25) is 0 Å². The molecule has 0 radical (unpaired) electrons. The molecule has 0 aliphatic carbocycles. The van der Waals surface area contributed by atoms with Crippen molar-refractivity contribution < 1.29 is 9.15 Å². The molecule has 1 aromatic rings. The first kappa shape index (κ1) is 11.2. The third kappa shape index (κ3) is 3.06. The zero-order chi connectivity index (χ0) is 10.7. The van der Waals surface area contributed by atoms with E-state index in [0.717, 1.165) is 36.4 Å². The molecule has 1 aliphatic rings. The summed E-state index contributed by atoms with van der Waals surface area (Å²) >= 11 is 3.29. The van der Waals surface area contributed by atoms with E-state index in [2.05, 4.69) is 28.2 Å². The monoisotopic (exact) mass is 273 g/mol. The SMILES string of the molecule is CC1OCCC1NCCc1ccc(Br)o1. The lowest BCUT2D eigenvalue weighted by Gasteiger charge is -2.15. The molecule has 84 valence electrons. The Bertz CT molecular complexity index is 313. The van der Waals surface area contributed by atoms with E-state index < -0.39 is 0 Å². The van der Waals surface area contributed by atoms with Crippen LogP contribution in [0.15, 0.2) is 21.2 Å². The lowest BCUT2D eigenvalue weighted by atomic mass is 10.1. The van der Waals surface area contributed by atoms with Crippen molar-refractivity contribution in [1.29, 1.82) is 0 Å². The normalized spacial score (nSPS) is 26.0. The van der Waals surface area contributed by atoms with Crippen LogP contribution in [0.1, 0.15) is 19.1 Å². The average Bonchev–Trinajstić information content (AvgIpc) is 2.77. The van der Waals surface area contributed by atoms with Gasteiger partial charge in [0.25, 0.3) is 0 Å². The third-order valence-electron chi connectivity index (χ3n) is 2.78. The minimum atomic E-state index is 0.341. The summed E-state index contributed by atoms with van der Waals surface area (Å²) in [5.74, 6) is 1.01. The fraction of sp³-hybridized carbons (Fsp3) is 0.636. The molecule has 1 saturated heterocycles. The van der Waals surface area contributed by atoms with Crippen molar-refractivity contribution in [2.24, 2.45) is 0 Å². The zero-order valence-electron chi connectivity index (χ0n) is 8.83. The first-order chi connectivity index (χ1) is 7.25. The molecule has 2 atom stereocenters. The summed E-state index contributed by atoms with van der Waals surface area (Å²) in [6.45, 7) is 3.94. The Balaban J connectivity index is 1.70. The fourth-order valence-corrected chi connectivity index (χ4v) is 2.21. The van der Waals surface area contributed by atoms with Gasteiger partial charge >= 0.3 is 0 Å². The smallest absolute Gasteiger partial charge is 0.169 e. The third-order valence-corrected chi connectivity index (χ3v) is 3.21. The number of hydrogen-bond acceptors (Lipinski definition) is 3. The minimum absolute atomic E-state index is 0.341. The summed E-state index contributed by atoms with van der Waals surface area (Å²) in [6.07, 6.45) is 2.38. The van der Waals surface area contributed by atoms with Gasteiger partial charge in [0.15, 0.2) is 4.67 Å². The summed E-state index contributed by atoms with van der Waals surface area (Å²) in [4.78, 5) is 0. The maximum Gasteiger partial charge on any atom is 0.169 e. The number of hydrogen-bond donors (Lipinski definition) is 1. The van der Waals surface area contributed by atoms with Crippen LogP contribution in [0.2, 0.25) is 0 Å². The lowest BCUT2D eigenvalue weighted by molar-refractivity contribution is 0.113. The predicted molar refractivity (Wildman–Crippen MR) is 61.9 cm³/mol. The van der Waals surface area contributed by atoms with Gasteiger partial charge in [0.1, 0.15) is 5.76 Å². The molecule has 0 spiro atoms. The van der Waals surface area contributed by atoms with Gasteiger partial charge in [-0.25, -0.2) is 0 Å². The van der Waals surface area contributed by atoms with Crippen molar-refractivity contribution in [3.63, 3.8) is 0 Å². The second-order valence-corrected chi connectivity index (χ2v) is 4.66. The quantitative estimate of drug-likeness (QED) is 0.915. The molecule has 2 rings (SSSR count). The highest BCUT2D eigenvalue weighted by molar-refractivity contribution is 9.10. The van der Waals surface area contributed by atoms with Gasteiger partial charge in [0, 0.05) is 25.6 Å². The molecule has 2 heterocycles. The second kappa shape index (κ2) is 5.14. The number of furan rings is 1. The van der Waals surface area contributed by atoms with E-state index >= 15 is 0 Å². The van der Waals surface area contributed by atoms with E-state index in [-0.39, 0.29) is 0 Å². The van der Waals surface area contributed by atoms with Crippen molar-refractivity contribution in [2.75, 3.05) is 13.2 Å². The van der Waals surface area contributed by atoms with Crippen molar-refractivity contribution in [3.05, 3.63) is 22.6 Å². The van der Waals surface area contributed by atoms with Gasteiger partial charge in [-0.3, -0.25) is 0 Å². The Labute approximate surface area is 98.3 Å². The molecule has 3 nitrogen and oxygen atoms in total. The van der Waals surface area contributed by atoms with Gasteiger partial charge < -0.3 is 14.5 Å². The Morgan fingerprint density at radius 3 is 3.00 bits per heavy atom. The molecular formula is C11H16BrNO2. The Morgan fingerprint density at radius 1 is 1.53 bits per heavy atom. The maximum absolute atomic E-state index is 5.48. The van der Waals surface area contributed by atoms with E-state index in [1.807, 2.05) is 12.1 Å². The van der Waals surface area contributed by atoms with E-state index in [4.69, 9.17) is 9.15 Å². The van der Waals surface area contributed by atoms with Crippen molar-refractivity contribution in [1.82, 2.24) is 5.32 Å². The molecule has 0 amide bonds. The molecular weight excluding hydrogens is 258 g/mol. The van der Waals surface area contributed by atoms with Crippen LogP contribution < -0.4 is 5.32 Å². The van der Waals surface area contributed by atoms with Gasteiger partial charge in [-0.15, -0.1) is 0 Å². The summed E-state index contributed by atoms with van der Waals surface area (Å²) in [5.41, 5.74) is 0. The Morgan fingerprint density at radius 2 is 2.40 bits per heavy atom. The molecule has 1 N–H and O–H groups in total. The largest absolute Gasteiger partial charge is 0.454 e. The van der Waals surface area contributed by atoms with Crippen LogP contribution >= 0.6 is 15.9 Å². The highest BCUT2D eigenvalue weighted by Gasteiger charge is 2.23. The van der Waals surface area contributed by atoms with Crippen LogP contribution in [0.3, 0.4) is 0 Å². The van der Waals surface area contributed by atoms with E-state index in [9.17, 15) is 0 Å². The van der Waals surface area contributed by atoms with E-state index in [1.165, 1.54) is 0 Å². The zero-order valence-corrected chi connectivity index (χ0v) is 10.4. The number of ether oxygens (including phenoxy) is 1. The first-order valence-electron chi connectivity index (χ1n) is 5.35. The highest BCUT2D eigenvalue weighted by atomic mass is 79.9. The van der Waals surface area contributed by atoms with Gasteiger partial charge in [-0.05, 0) is 41.4 Å². The Kier molecular flexibility index (Phi) is 3.83. The van der Waals surface area contributed by atoms with Crippen molar-refractivity contribution >= 4 is 15.9 Å². The molecule has 0 bridgehead atoms. The molecule has 1 fully saturated rings. The van der Waals surface area contributed by atoms with Crippen molar-refractivity contribution in [3.8, 4) is 0 Å². The summed E-state index contributed by atoms with van der Waals surface area (Å²) in [5, 5.41) is 3.49. The average molecular weight is 274 g/mol. The first-order valence-corrected chi connectivity index (χ1v) is 6.14. The number of halogens is 1. The molecule has 0 aromatic carbocycles. The topological polar surface area (TPSA) is 34.4 Å². The summed E-state index contributed by atoms with van der Waals surface area (Å²) in [6, 6.07) is 4.43. The highest BCUT2D eigenvalue weighted by Crippen LogP contribution is 2.15. The van der Waals surface area contributed by atoms with Crippen LogP contribution in [0.5, 0.6) is 0 Å². The molecule has 15 heavy (non-hydrogen) atoms. The fourth-order valence-electron chi connectivity index (χ4n) is 1.87. The van der Waals surface area contributed by atoms with Crippen LogP contribution in [0, 0.1) is 0 Å². The van der Waals surface area contributed by atoms with E-state index in [0.29, 0.717) is 12.1 Å². The molecule has 1 aromatic heterocycles. The standard InChI is InChI=1S/C11H16BrNO2/c1-8-10(5-7-14-8)13-6-4-9-2-3-11(12)15-9/h2-3,8,10,13H,4-7H2,1H3. The second-order valence-electron chi connectivity index (χ2n) is 3.88. The van der Waals surface area contributed by atoms with E-state index in [1.54, 1.807) is 0 Å². The Hall–Kier alpha value is -0.320. The van der Waals surface area contributed by atoms with Crippen molar-refractivity contribution in [2.45, 2.75) is 31.9 Å². The summed E-state index contributed by atoms with van der Waals surface area (Å²) < 4.78 is 11.7. The van der Waals surface area contributed by atoms with Gasteiger partial charge in [0.05, 0.1) is 6.10 Å². The minimum Gasteiger partial charge on any atom is -0.454 e. The number of rotatable bonds is 4. The van der Waals surface area contributed by atoms with Gasteiger partial charge in [-0.1, -0.05) is 0 Å². The van der Waals surface area contributed by atoms with Crippen LogP contribution in [-0.4, -0.2) is 25.3 Å². The van der Waals surface area contributed by atoms with Crippen LogP contribution in [-0.2, 0) is 11.2 Å². The summed E-state index contributed by atoms with van der Waals surface area (Å²) in [7, 11) is 0. The van der Waals surface area contributed by atoms with Crippen LogP contribution in [0.4, 0.5) is 0 Å². The van der Waals surface area contributed by atoms with Crippen LogP contribution in [0.25, 0.3) is 0 Å². The van der Waals surface area contributed by atoms with Gasteiger partial charge in [-0.2, -0.15) is 0 Å². The number of nitrogens with one attached hydrogen (secondary N) is 1. The molecule has 2 unspecified atom stereocenters.